The SMILES string of the molecule is CCCCCCCCCCCCCCC(=O)OCCCC/C=C\CCCCCCCC(=O)NC(CO)C(O)CCCCCCCCCCC. The Morgan fingerprint density at radius 1 is 0.551 bits per heavy atom. The van der Waals surface area contributed by atoms with Gasteiger partial charge in [-0.2, -0.15) is 0 Å². The average molecular weight is 694 g/mol. The molecular formula is C43H83NO5. The largest absolute Gasteiger partial charge is 0.466 e. The number of unbranched alkanes of at least 4 members (excludes halogenated alkanes) is 26. The van der Waals surface area contributed by atoms with E-state index >= 15 is 0 Å². The maximum absolute atomic E-state index is 12.3. The zero-order chi connectivity index (χ0) is 35.9. The Morgan fingerprint density at radius 3 is 1.45 bits per heavy atom. The minimum absolute atomic E-state index is 0.0315. The number of rotatable bonds is 39. The molecular weight excluding hydrogens is 610 g/mol. The topological polar surface area (TPSA) is 95.9 Å². The van der Waals surface area contributed by atoms with Gasteiger partial charge in [0.1, 0.15) is 0 Å². The number of carbonyl (C=O) groups excluding carboxylic acids is 2. The van der Waals surface area contributed by atoms with Crippen LogP contribution in [0.2, 0.25) is 0 Å². The Balaban J connectivity index is 3.51. The summed E-state index contributed by atoms with van der Waals surface area (Å²) in [6.07, 6.45) is 41.7. The molecule has 0 rings (SSSR count). The number of hydrogen-bond donors (Lipinski definition) is 3. The van der Waals surface area contributed by atoms with Gasteiger partial charge in [0.05, 0.1) is 25.4 Å². The van der Waals surface area contributed by atoms with Crippen molar-refractivity contribution in [2.45, 2.75) is 238 Å². The van der Waals surface area contributed by atoms with Gasteiger partial charge in [-0.15, -0.1) is 0 Å². The van der Waals surface area contributed by atoms with Crippen LogP contribution in [-0.4, -0.2) is 47.4 Å². The lowest BCUT2D eigenvalue weighted by atomic mass is 10.0. The van der Waals surface area contributed by atoms with Gasteiger partial charge in [0, 0.05) is 12.8 Å². The van der Waals surface area contributed by atoms with E-state index in [0.717, 1.165) is 83.5 Å². The van der Waals surface area contributed by atoms with Gasteiger partial charge in [-0.1, -0.05) is 174 Å². The lowest BCUT2D eigenvalue weighted by molar-refractivity contribution is -0.143. The van der Waals surface area contributed by atoms with Crippen molar-refractivity contribution in [3.63, 3.8) is 0 Å². The van der Waals surface area contributed by atoms with E-state index in [4.69, 9.17) is 4.74 Å². The number of nitrogens with one attached hydrogen (secondary N) is 1. The van der Waals surface area contributed by atoms with E-state index in [1.54, 1.807) is 0 Å². The van der Waals surface area contributed by atoms with Gasteiger partial charge in [0.2, 0.25) is 5.91 Å². The smallest absolute Gasteiger partial charge is 0.305 e. The molecule has 0 aromatic heterocycles. The molecule has 0 saturated carbocycles. The highest BCUT2D eigenvalue weighted by molar-refractivity contribution is 5.76. The maximum Gasteiger partial charge on any atom is 0.305 e. The van der Waals surface area contributed by atoms with E-state index in [2.05, 4.69) is 31.3 Å². The molecule has 0 spiro atoms. The van der Waals surface area contributed by atoms with Crippen molar-refractivity contribution in [1.29, 1.82) is 0 Å². The maximum atomic E-state index is 12.3. The molecule has 2 unspecified atom stereocenters. The van der Waals surface area contributed by atoms with Crippen LogP contribution in [0.15, 0.2) is 12.2 Å². The molecule has 6 nitrogen and oxygen atoms in total. The number of aliphatic hydroxyl groups excluding tert-OH is 2. The van der Waals surface area contributed by atoms with Crippen molar-refractivity contribution in [3.8, 4) is 0 Å². The van der Waals surface area contributed by atoms with Gasteiger partial charge >= 0.3 is 5.97 Å². The molecule has 0 aromatic rings. The van der Waals surface area contributed by atoms with Gasteiger partial charge in [0.15, 0.2) is 0 Å². The van der Waals surface area contributed by atoms with E-state index in [0.29, 0.717) is 25.9 Å². The molecule has 6 heteroatoms. The van der Waals surface area contributed by atoms with Gasteiger partial charge < -0.3 is 20.3 Å². The van der Waals surface area contributed by atoms with Crippen LogP contribution >= 0.6 is 0 Å². The first-order chi connectivity index (χ1) is 24.0. The van der Waals surface area contributed by atoms with E-state index in [1.165, 1.54) is 109 Å². The van der Waals surface area contributed by atoms with Gasteiger partial charge in [-0.25, -0.2) is 0 Å². The van der Waals surface area contributed by atoms with Crippen LogP contribution in [0.1, 0.15) is 226 Å². The number of aliphatic hydroxyl groups is 2. The van der Waals surface area contributed by atoms with E-state index in [-0.39, 0.29) is 18.5 Å². The zero-order valence-corrected chi connectivity index (χ0v) is 32.7. The molecule has 290 valence electrons. The number of carbonyl (C=O) groups is 2. The second-order valence-corrected chi connectivity index (χ2v) is 14.7. The van der Waals surface area contributed by atoms with Crippen molar-refractivity contribution in [3.05, 3.63) is 12.2 Å². The molecule has 0 radical (unpaired) electrons. The van der Waals surface area contributed by atoms with Gasteiger partial charge in [0.25, 0.3) is 0 Å². The number of amides is 1. The molecule has 0 fully saturated rings. The fourth-order valence-corrected chi connectivity index (χ4v) is 6.45. The summed E-state index contributed by atoms with van der Waals surface area (Å²) in [6.45, 7) is 4.84. The Morgan fingerprint density at radius 2 is 0.959 bits per heavy atom. The standard InChI is InChI=1S/C43H83NO5/c1-3-5-7-9-11-13-14-17-21-25-29-33-37-43(48)49-38-34-30-26-22-18-15-16-20-24-28-32-36-42(47)44-40(39-45)41(46)35-31-27-23-19-12-10-8-6-4-2/h18,22,40-41,45-46H,3-17,19-21,23-39H2,1-2H3,(H,44,47)/b22-18-. The first-order valence-corrected chi connectivity index (χ1v) is 21.4. The van der Waals surface area contributed by atoms with Crippen LogP contribution < -0.4 is 5.32 Å². The Labute approximate surface area is 304 Å². The van der Waals surface area contributed by atoms with Crippen LogP contribution in [0.25, 0.3) is 0 Å². The molecule has 0 aromatic carbocycles. The summed E-state index contributed by atoms with van der Waals surface area (Å²) in [6, 6.07) is -0.558. The van der Waals surface area contributed by atoms with Crippen molar-refractivity contribution in [1.82, 2.24) is 5.32 Å². The molecule has 0 aliphatic rings. The molecule has 0 aliphatic carbocycles. The fourth-order valence-electron chi connectivity index (χ4n) is 6.45. The average Bonchev–Trinajstić information content (AvgIpc) is 3.10. The summed E-state index contributed by atoms with van der Waals surface area (Å²) in [5.74, 6) is -0.0987. The third-order valence-corrected chi connectivity index (χ3v) is 9.81. The molecule has 0 saturated heterocycles. The Hall–Kier alpha value is -1.40. The summed E-state index contributed by atoms with van der Waals surface area (Å²) >= 11 is 0. The van der Waals surface area contributed by atoms with Crippen LogP contribution in [-0.2, 0) is 14.3 Å². The summed E-state index contributed by atoms with van der Waals surface area (Å²) in [7, 11) is 0. The number of hydrogen-bond acceptors (Lipinski definition) is 5. The van der Waals surface area contributed by atoms with E-state index in [9.17, 15) is 19.8 Å². The Kier molecular flexibility index (Phi) is 38.3. The van der Waals surface area contributed by atoms with Crippen LogP contribution in [0.4, 0.5) is 0 Å². The first kappa shape index (κ1) is 47.6. The minimum Gasteiger partial charge on any atom is -0.466 e. The van der Waals surface area contributed by atoms with Crippen molar-refractivity contribution in [2.24, 2.45) is 0 Å². The number of ether oxygens (including phenoxy) is 1. The summed E-state index contributed by atoms with van der Waals surface area (Å²) in [4.78, 5) is 24.3. The van der Waals surface area contributed by atoms with Crippen LogP contribution in [0.3, 0.4) is 0 Å². The molecule has 0 aliphatic heterocycles. The van der Waals surface area contributed by atoms with Gasteiger partial charge in [-0.3, -0.25) is 9.59 Å². The lowest BCUT2D eigenvalue weighted by Crippen LogP contribution is -2.45. The van der Waals surface area contributed by atoms with Crippen molar-refractivity contribution in [2.75, 3.05) is 13.2 Å². The highest BCUT2D eigenvalue weighted by Gasteiger charge is 2.20. The van der Waals surface area contributed by atoms with Crippen LogP contribution in [0.5, 0.6) is 0 Å². The number of allylic oxidation sites excluding steroid dienone is 2. The summed E-state index contributed by atoms with van der Waals surface area (Å²) < 4.78 is 5.41. The Bertz CT molecular complexity index is 727. The first-order valence-electron chi connectivity index (χ1n) is 21.4. The van der Waals surface area contributed by atoms with E-state index in [1.807, 2.05) is 0 Å². The fraction of sp³-hybridized carbons (Fsp3) is 0.907. The van der Waals surface area contributed by atoms with E-state index < -0.39 is 12.1 Å². The molecule has 2 atom stereocenters. The molecule has 1 amide bonds. The predicted molar refractivity (Wildman–Crippen MR) is 209 cm³/mol. The predicted octanol–water partition coefficient (Wildman–Crippen LogP) is 11.8. The third-order valence-electron chi connectivity index (χ3n) is 9.81. The zero-order valence-electron chi connectivity index (χ0n) is 32.7. The summed E-state index contributed by atoms with van der Waals surface area (Å²) in [5.41, 5.74) is 0. The quantitative estimate of drug-likeness (QED) is 0.0338. The third kappa shape index (κ3) is 36.2. The molecule has 0 bridgehead atoms. The number of esters is 1. The highest BCUT2D eigenvalue weighted by atomic mass is 16.5. The second-order valence-electron chi connectivity index (χ2n) is 14.7. The molecule has 49 heavy (non-hydrogen) atoms. The van der Waals surface area contributed by atoms with Crippen LogP contribution in [0, 0.1) is 0 Å². The van der Waals surface area contributed by atoms with Gasteiger partial charge in [-0.05, 0) is 51.4 Å². The lowest BCUT2D eigenvalue weighted by Gasteiger charge is -2.22. The minimum atomic E-state index is -0.678. The second kappa shape index (κ2) is 39.4. The molecule has 0 heterocycles. The monoisotopic (exact) mass is 694 g/mol. The molecule has 3 N–H and O–H groups in total. The van der Waals surface area contributed by atoms with Crippen molar-refractivity contribution < 1.29 is 24.5 Å². The van der Waals surface area contributed by atoms with Crippen molar-refractivity contribution >= 4 is 11.9 Å². The summed E-state index contributed by atoms with van der Waals surface area (Å²) in [5, 5.41) is 23.0. The highest BCUT2D eigenvalue weighted by Crippen LogP contribution is 2.15. The normalized spacial score (nSPS) is 12.8.